The van der Waals surface area contributed by atoms with Crippen LogP contribution in [0.25, 0.3) is 11.5 Å². The molecule has 0 bridgehead atoms. The van der Waals surface area contributed by atoms with Crippen molar-refractivity contribution in [3.63, 3.8) is 0 Å². The van der Waals surface area contributed by atoms with Crippen LogP contribution < -0.4 is 5.73 Å². The molecule has 7 nitrogen and oxygen atoms in total. The first-order valence-electron chi connectivity index (χ1n) is 5.37. The number of benzene rings is 1. The minimum atomic E-state index is -0.808. The Hall–Kier alpha value is -1.99. The molecule has 19 heavy (non-hydrogen) atoms. The Labute approximate surface area is 113 Å². The summed E-state index contributed by atoms with van der Waals surface area (Å²) in [5, 5.41) is 14.9. The number of nitro benzene ring substituents is 1. The normalized spacial score (nSPS) is 11.6. The summed E-state index contributed by atoms with van der Waals surface area (Å²) in [6.07, 6.45) is 0. The molecule has 8 heteroatoms. The number of aromatic nitrogens is 2. The van der Waals surface area contributed by atoms with Crippen molar-refractivity contribution in [1.82, 2.24) is 10.1 Å². The molecule has 2 rings (SSSR count). The quantitative estimate of drug-likeness (QED) is 0.684. The summed E-state index contributed by atoms with van der Waals surface area (Å²) in [6.45, 7) is 3.39. The number of nitrogens with zero attached hydrogens (tertiary/aromatic N) is 3. The van der Waals surface area contributed by atoms with Crippen molar-refractivity contribution < 1.29 is 9.45 Å². The van der Waals surface area contributed by atoms with Crippen molar-refractivity contribution in [3.8, 4) is 11.5 Å². The first-order chi connectivity index (χ1) is 8.80. The first kappa shape index (κ1) is 13.4. The molecule has 1 aromatic heterocycles. The standard InChI is InChI=1S/C11H11ClN4O3/c1-11(2,13)10-14-9(19-15-10)8-6(12)4-3-5-7(8)16(17)18/h3-5H,13H2,1-2H3. The van der Waals surface area contributed by atoms with E-state index in [1.807, 2.05) is 0 Å². The van der Waals surface area contributed by atoms with E-state index in [2.05, 4.69) is 10.1 Å². The highest BCUT2D eigenvalue weighted by Gasteiger charge is 2.27. The van der Waals surface area contributed by atoms with Gasteiger partial charge in [-0.05, 0) is 19.9 Å². The number of nitro groups is 1. The highest BCUT2D eigenvalue weighted by molar-refractivity contribution is 6.33. The fraction of sp³-hybridized carbons (Fsp3) is 0.273. The van der Waals surface area contributed by atoms with E-state index in [0.717, 1.165) is 0 Å². The second-order valence-electron chi connectivity index (χ2n) is 4.54. The summed E-state index contributed by atoms with van der Waals surface area (Å²) in [5.41, 5.74) is 4.92. The molecule has 1 aromatic carbocycles. The van der Waals surface area contributed by atoms with Crippen molar-refractivity contribution in [2.75, 3.05) is 0 Å². The Kier molecular flexibility index (Phi) is 3.25. The van der Waals surface area contributed by atoms with E-state index in [-0.39, 0.29) is 28.0 Å². The molecule has 0 saturated heterocycles. The summed E-state index contributed by atoms with van der Waals surface area (Å²) in [6, 6.07) is 4.31. The van der Waals surface area contributed by atoms with Gasteiger partial charge in [0.1, 0.15) is 5.56 Å². The molecular formula is C11H11ClN4O3. The SMILES string of the molecule is CC(C)(N)c1noc(-c2c(Cl)cccc2[N+](=O)[O-])n1. The fourth-order valence-electron chi connectivity index (χ4n) is 1.46. The van der Waals surface area contributed by atoms with Crippen molar-refractivity contribution in [1.29, 1.82) is 0 Å². The van der Waals surface area contributed by atoms with E-state index in [0.29, 0.717) is 0 Å². The molecule has 2 N–H and O–H groups in total. The van der Waals surface area contributed by atoms with E-state index in [1.54, 1.807) is 13.8 Å². The van der Waals surface area contributed by atoms with Crippen LogP contribution in [0, 0.1) is 10.1 Å². The van der Waals surface area contributed by atoms with Gasteiger partial charge >= 0.3 is 0 Å². The Morgan fingerprint density at radius 1 is 1.47 bits per heavy atom. The number of hydrogen-bond acceptors (Lipinski definition) is 6. The van der Waals surface area contributed by atoms with Gasteiger partial charge in [-0.25, -0.2) is 0 Å². The summed E-state index contributed by atoms with van der Waals surface area (Å²) < 4.78 is 5.02. The van der Waals surface area contributed by atoms with Crippen LogP contribution in [0.15, 0.2) is 22.7 Å². The van der Waals surface area contributed by atoms with Gasteiger partial charge in [0.2, 0.25) is 0 Å². The zero-order valence-corrected chi connectivity index (χ0v) is 11.0. The predicted molar refractivity (Wildman–Crippen MR) is 68.6 cm³/mol. The molecular weight excluding hydrogens is 272 g/mol. The lowest BCUT2D eigenvalue weighted by molar-refractivity contribution is -0.384. The van der Waals surface area contributed by atoms with Gasteiger partial charge in [0, 0.05) is 6.07 Å². The van der Waals surface area contributed by atoms with Gasteiger partial charge in [-0.1, -0.05) is 22.8 Å². The van der Waals surface area contributed by atoms with Gasteiger partial charge in [-0.15, -0.1) is 0 Å². The Morgan fingerprint density at radius 2 is 2.16 bits per heavy atom. The average Bonchev–Trinajstić information content (AvgIpc) is 2.77. The minimum absolute atomic E-state index is 0.0224. The Bertz CT molecular complexity index is 633. The third-order valence-corrected chi connectivity index (χ3v) is 2.72. The summed E-state index contributed by atoms with van der Waals surface area (Å²) in [7, 11) is 0. The Morgan fingerprint density at radius 3 is 2.68 bits per heavy atom. The molecule has 0 fully saturated rings. The highest BCUT2D eigenvalue weighted by atomic mass is 35.5. The second kappa shape index (κ2) is 4.60. The molecule has 0 spiro atoms. The van der Waals surface area contributed by atoms with Crippen molar-refractivity contribution in [2.45, 2.75) is 19.4 Å². The van der Waals surface area contributed by atoms with Crippen LogP contribution in [-0.2, 0) is 5.54 Å². The first-order valence-corrected chi connectivity index (χ1v) is 5.75. The van der Waals surface area contributed by atoms with Gasteiger partial charge in [-0.2, -0.15) is 4.98 Å². The van der Waals surface area contributed by atoms with Crippen molar-refractivity contribution >= 4 is 17.3 Å². The molecule has 2 aromatic rings. The smallest absolute Gasteiger partial charge is 0.283 e. The van der Waals surface area contributed by atoms with Crippen molar-refractivity contribution in [3.05, 3.63) is 39.2 Å². The van der Waals surface area contributed by atoms with Crippen molar-refractivity contribution in [2.24, 2.45) is 5.73 Å². The van der Waals surface area contributed by atoms with Crippen LogP contribution in [0.3, 0.4) is 0 Å². The third kappa shape index (κ3) is 2.56. The molecule has 0 aliphatic rings. The number of halogens is 1. The van der Waals surface area contributed by atoms with E-state index in [4.69, 9.17) is 21.9 Å². The lowest BCUT2D eigenvalue weighted by Crippen LogP contribution is -2.30. The molecule has 0 amide bonds. The minimum Gasteiger partial charge on any atom is -0.334 e. The molecule has 0 unspecified atom stereocenters. The van der Waals surface area contributed by atoms with Gasteiger partial charge in [0.15, 0.2) is 5.82 Å². The maximum Gasteiger partial charge on any atom is 0.283 e. The number of hydrogen-bond donors (Lipinski definition) is 1. The van der Waals surface area contributed by atoms with Crippen LogP contribution in [0.4, 0.5) is 5.69 Å². The van der Waals surface area contributed by atoms with E-state index in [9.17, 15) is 10.1 Å². The van der Waals surface area contributed by atoms with Crippen LogP contribution in [0.5, 0.6) is 0 Å². The van der Waals surface area contributed by atoms with Crippen LogP contribution >= 0.6 is 11.6 Å². The largest absolute Gasteiger partial charge is 0.334 e. The zero-order valence-electron chi connectivity index (χ0n) is 10.3. The Balaban J connectivity index is 2.59. The van der Waals surface area contributed by atoms with E-state index in [1.165, 1.54) is 18.2 Å². The van der Waals surface area contributed by atoms with Crippen LogP contribution in [0.2, 0.25) is 5.02 Å². The lowest BCUT2D eigenvalue weighted by Gasteiger charge is -2.11. The summed E-state index contributed by atoms with van der Waals surface area (Å²) >= 11 is 5.97. The van der Waals surface area contributed by atoms with Gasteiger partial charge in [-0.3, -0.25) is 10.1 Å². The summed E-state index contributed by atoms with van der Waals surface area (Å²) in [4.78, 5) is 14.5. The van der Waals surface area contributed by atoms with E-state index >= 15 is 0 Å². The fourth-order valence-corrected chi connectivity index (χ4v) is 1.71. The van der Waals surface area contributed by atoms with Gasteiger partial charge < -0.3 is 10.3 Å². The summed E-state index contributed by atoms with van der Waals surface area (Å²) in [5.74, 6) is 0.225. The predicted octanol–water partition coefficient (Wildman–Crippen LogP) is 2.49. The maximum atomic E-state index is 11.0. The maximum absolute atomic E-state index is 11.0. The number of rotatable bonds is 3. The molecule has 100 valence electrons. The highest BCUT2D eigenvalue weighted by Crippen LogP contribution is 2.35. The van der Waals surface area contributed by atoms with Gasteiger partial charge in [0.25, 0.3) is 11.6 Å². The lowest BCUT2D eigenvalue weighted by atomic mass is 10.1. The van der Waals surface area contributed by atoms with Crippen LogP contribution in [-0.4, -0.2) is 15.1 Å². The van der Waals surface area contributed by atoms with Crippen LogP contribution in [0.1, 0.15) is 19.7 Å². The van der Waals surface area contributed by atoms with Gasteiger partial charge in [0.05, 0.1) is 15.5 Å². The monoisotopic (exact) mass is 282 g/mol. The van der Waals surface area contributed by atoms with E-state index < -0.39 is 10.5 Å². The second-order valence-corrected chi connectivity index (χ2v) is 4.94. The molecule has 0 radical (unpaired) electrons. The topological polar surface area (TPSA) is 108 Å². The number of nitrogens with two attached hydrogens (primary N) is 1. The zero-order chi connectivity index (χ0) is 14.2. The molecule has 1 heterocycles. The third-order valence-electron chi connectivity index (χ3n) is 2.40. The molecule has 0 aliphatic carbocycles. The average molecular weight is 283 g/mol. The molecule has 0 aliphatic heterocycles. The molecule has 0 saturated carbocycles. The molecule has 0 atom stereocenters.